The van der Waals surface area contributed by atoms with Crippen LogP contribution in [-0.2, 0) is 9.53 Å². The van der Waals surface area contributed by atoms with Crippen molar-refractivity contribution >= 4 is 22.9 Å². The fourth-order valence-corrected chi connectivity index (χ4v) is 5.00. The summed E-state index contributed by atoms with van der Waals surface area (Å²) >= 11 is 0. The average Bonchev–Trinajstić information content (AvgIpc) is 3.12. The third-order valence-corrected chi connectivity index (χ3v) is 6.53. The summed E-state index contributed by atoms with van der Waals surface area (Å²) in [6.45, 7) is 2.47. The molecule has 1 aromatic rings. The van der Waals surface area contributed by atoms with Crippen LogP contribution in [0.15, 0.2) is 24.3 Å². The van der Waals surface area contributed by atoms with Crippen LogP contribution in [-0.4, -0.2) is 55.4 Å². The molecule has 2 fully saturated rings. The van der Waals surface area contributed by atoms with Crippen molar-refractivity contribution in [3.63, 3.8) is 0 Å². The number of likely N-dealkylation sites (tertiary alicyclic amines) is 1. The highest BCUT2D eigenvalue weighted by molar-refractivity contribution is 6.45. The molecule has 4 rings (SSSR count). The first-order chi connectivity index (χ1) is 13.5. The second-order valence-corrected chi connectivity index (χ2v) is 8.32. The number of hydrogen-bond acceptors (Lipinski definition) is 5. The SMILES string of the molecule is CN1CCCC2CC(NC(=O)C(=N)c3ccc(C4=CCOCC4)cc3N)CC21. The smallest absolute Gasteiger partial charge is 0.270 e. The van der Waals surface area contributed by atoms with E-state index in [-0.39, 0.29) is 17.7 Å². The number of fused-ring (bicyclic) bond motifs is 1. The van der Waals surface area contributed by atoms with Crippen LogP contribution in [0.1, 0.15) is 43.2 Å². The van der Waals surface area contributed by atoms with Gasteiger partial charge in [-0.3, -0.25) is 10.2 Å². The lowest BCUT2D eigenvalue weighted by molar-refractivity contribution is -0.115. The Morgan fingerprint density at radius 3 is 2.93 bits per heavy atom. The summed E-state index contributed by atoms with van der Waals surface area (Å²) in [4.78, 5) is 15.1. The molecule has 1 aromatic carbocycles. The molecule has 2 heterocycles. The maximum absolute atomic E-state index is 12.7. The maximum atomic E-state index is 12.7. The molecule has 0 aromatic heterocycles. The van der Waals surface area contributed by atoms with Crippen molar-refractivity contribution in [2.45, 2.75) is 44.2 Å². The van der Waals surface area contributed by atoms with E-state index in [1.54, 1.807) is 6.07 Å². The van der Waals surface area contributed by atoms with Gasteiger partial charge in [-0.15, -0.1) is 0 Å². The Hall–Kier alpha value is -2.18. The first-order valence-electron chi connectivity index (χ1n) is 10.3. The summed E-state index contributed by atoms with van der Waals surface area (Å²) in [5, 5.41) is 11.4. The number of ether oxygens (including phenoxy) is 1. The van der Waals surface area contributed by atoms with E-state index >= 15 is 0 Å². The number of nitrogen functional groups attached to an aromatic ring is 1. The fourth-order valence-electron chi connectivity index (χ4n) is 5.00. The number of carbonyl (C=O) groups is 1. The number of hydrogen-bond donors (Lipinski definition) is 3. The predicted octanol–water partition coefficient (Wildman–Crippen LogP) is 2.43. The molecule has 1 aliphatic carbocycles. The quantitative estimate of drug-likeness (QED) is 0.551. The molecular weight excluding hydrogens is 352 g/mol. The van der Waals surface area contributed by atoms with E-state index in [4.69, 9.17) is 15.9 Å². The maximum Gasteiger partial charge on any atom is 0.270 e. The van der Waals surface area contributed by atoms with Gasteiger partial charge in [-0.1, -0.05) is 12.1 Å². The van der Waals surface area contributed by atoms with Gasteiger partial charge in [-0.05, 0) is 74.9 Å². The van der Waals surface area contributed by atoms with Gasteiger partial charge in [0.1, 0.15) is 5.71 Å². The number of carbonyl (C=O) groups excluding carboxylic acids is 1. The van der Waals surface area contributed by atoms with E-state index in [0.717, 1.165) is 31.4 Å². The van der Waals surface area contributed by atoms with Gasteiger partial charge in [0.25, 0.3) is 5.91 Å². The van der Waals surface area contributed by atoms with Crippen molar-refractivity contribution in [3.8, 4) is 0 Å². The molecule has 150 valence electrons. The first kappa shape index (κ1) is 19.2. The molecule has 3 unspecified atom stereocenters. The number of anilines is 1. The fraction of sp³-hybridized carbons (Fsp3) is 0.545. The normalized spacial score (nSPS) is 27.8. The number of amides is 1. The van der Waals surface area contributed by atoms with E-state index in [1.807, 2.05) is 12.1 Å². The van der Waals surface area contributed by atoms with Crippen LogP contribution in [0.4, 0.5) is 5.69 Å². The summed E-state index contributed by atoms with van der Waals surface area (Å²) in [7, 11) is 2.18. The van der Waals surface area contributed by atoms with Gasteiger partial charge in [-0.2, -0.15) is 0 Å². The zero-order chi connectivity index (χ0) is 19.7. The number of piperidine rings is 1. The van der Waals surface area contributed by atoms with Crippen molar-refractivity contribution in [1.82, 2.24) is 10.2 Å². The number of rotatable bonds is 4. The summed E-state index contributed by atoms with van der Waals surface area (Å²) in [6, 6.07) is 6.32. The molecule has 1 saturated carbocycles. The van der Waals surface area contributed by atoms with Gasteiger partial charge >= 0.3 is 0 Å². The monoisotopic (exact) mass is 382 g/mol. The van der Waals surface area contributed by atoms with Crippen LogP contribution in [0.5, 0.6) is 0 Å². The van der Waals surface area contributed by atoms with Crippen LogP contribution in [0.2, 0.25) is 0 Å². The highest BCUT2D eigenvalue weighted by Gasteiger charge is 2.39. The molecule has 0 spiro atoms. The molecule has 4 N–H and O–H groups in total. The Kier molecular flexibility index (Phi) is 5.51. The molecule has 1 saturated heterocycles. The van der Waals surface area contributed by atoms with E-state index in [9.17, 15) is 4.79 Å². The Morgan fingerprint density at radius 2 is 2.21 bits per heavy atom. The van der Waals surface area contributed by atoms with Gasteiger partial charge < -0.3 is 20.7 Å². The molecule has 3 aliphatic rings. The summed E-state index contributed by atoms with van der Waals surface area (Å²) in [6.07, 6.45) is 7.39. The van der Waals surface area contributed by atoms with Crippen LogP contribution < -0.4 is 11.1 Å². The Balaban J connectivity index is 1.41. The van der Waals surface area contributed by atoms with E-state index in [2.05, 4.69) is 23.3 Å². The number of nitrogens with two attached hydrogens (primary N) is 1. The molecule has 0 bridgehead atoms. The lowest BCUT2D eigenvalue weighted by Crippen LogP contribution is -2.41. The van der Waals surface area contributed by atoms with Gasteiger partial charge in [0.05, 0.1) is 13.2 Å². The minimum absolute atomic E-state index is 0.0479. The van der Waals surface area contributed by atoms with Crippen molar-refractivity contribution in [1.29, 1.82) is 5.41 Å². The molecule has 1 amide bonds. The van der Waals surface area contributed by atoms with Crippen molar-refractivity contribution in [2.24, 2.45) is 5.92 Å². The Labute approximate surface area is 166 Å². The summed E-state index contributed by atoms with van der Waals surface area (Å²) < 4.78 is 5.35. The third-order valence-electron chi connectivity index (χ3n) is 6.53. The summed E-state index contributed by atoms with van der Waals surface area (Å²) in [5.41, 5.74) is 9.38. The lowest BCUT2D eigenvalue weighted by Gasteiger charge is -2.34. The number of nitrogens with one attached hydrogen (secondary N) is 2. The highest BCUT2D eigenvalue weighted by Crippen LogP contribution is 2.36. The molecule has 2 aliphatic heterocycles. The van der Waals surface area contributed by atoms with Gasteiger partial charge in [0.15, 0.2) is 0 Å². The van der Waals surface area contributed by atoms with Gasteiger partial charge in [0, 0.05) is 23.3 Å². The van der Waals surface area contributed by atoms with Crippen molar-refractivity contribution in [2.75, 3.05) is 32.5 Å². The molecule has 3 atom stereocenters. The van der Waals surface area contributed by atoms with Gasteiger partial charge in [-0.25, -0.2) is 0 Å². The second-order valence-electron chi connectivity index (χ2n) is 8.32. The number of benzene rings is 1. The molecule has 28 heavy (non-hydrogen) atoms. The second kappa shape index (κ2) is 8.05. The number of nitrogens with zero attached hydrogens (tertiary/aromatic N) is 1. The molecule has 0 radical (unpaired) electrons. The minimum atomic E-state index is -0.323. The van der Waals surface area contributed by atoms with Crippen LogP contribution >= 0.6 is 0 Å². The standard InChI is InChI=1S/C22H30N4O2/c1-26-8-2-3-16-11-17(13-20(16)26)25-22(27)21(24)18-5-4-15(12-19(18)23)14-6-9-28-10-7-14/h4-6,12,16-17,20,24H,2-3,7-11,13,23H2,1H3,(H,25,27). The average molecular weight is 383 g/mol. The highest BCUT2D eigenvalue weighted by atomic mass is 16.5. The minimum Gasteiger partial charge on any atom is -0.398 e. The molecular formula is C22H30N4O2. The van der Waals surface area contributed by atoms with Crippen molar-refractivity contribution < 1.29 is 9.53 Å². The predicted molar refractivity (Wildman–Crippen MR) is 111 cm³/mol. The largest absolute Gasteiger partial charge is 0.398 e. The molecule has 6 nitrogen and oxygen atoms in total. The zero-order valence-corrected chi connectivity index (χ0v) is 16.5. The van der Waals surface area contributed by atoms with Crippen LogP contribution in [0.3, 0.4) is 0 Å². The lowest BCUT2D eigenvalue weighted by atomic mass is 9.92. The van der Waals surface area contributed by atoms with Gasteiger partial charge in [0.2, 0.25) is 0 Å². The summed E-state index contributed by atoms with van der Waals surface area (Å²) in [5.74, 6) is 0.339. The Bertz CT molecular complexity index is 804. The Morgan fingerprint density at radius 1 is 1.36 bits per heavy atom. The van der Waals surface area contributed by atoms with Crippen LogP contribution in [0, 0.1) is 11.3 Å². The third kappa shape index (κ3) is 3.84. The zero-order valence-electron chi connectivity index (χ0n) is 16.5. The van der Waals surface area contributed by atoms with E-state index < -0.39 is 0 Å². The first-order valence-corrected chi connectivity index (χ1v) is 10.3. The van der Waals surface area contributed by atoms with Crippen LogP contribution in [0.25, 0.3) is 5.57 Å². The molecule has 6 heteroatoms. The van der Waals surface area contributed by atoms with Crippen molar-refractivity contribution in [3.05, 3.63) is 35.4 Å². The van der Waals surface area contributed by atoms with E-state index in [1.165, 1.54) is 18.4 Å². The topological polar surface area (TPSA) is 91.4 Å². The van der Waals surface area contributed by atoms with E-state index in [0.29, 0.717) is 36.4 Å².